The van der Waals surface area contributed by atoms with Crippen molar-refractivity contribution in [3.63, 3.8) is 0 Å². The summed E-state index contributed by atoms with van der Waals surface area (Å²) in [7, 11) is 2.92. The summed E-state index contributed by atoms with van der Waals surface area (Å²) in [4.78, 5) is 12.7. The van der Waals surface area contributed by atoms with Gasteiger partial charge in [0.1, 0.15) is 35.5 Å². The zero-order chi connectivity index (χ0) is 22.9. The number of amides is 1. The van der Waals surface area contributed by atoms with E-state index in [1.807, 2.05) is 36.4 Å². The van der Waals surface area contributed by atoms with Gasteiger partial charge in [0.15, 0.2) is 0 Å². The Kier molecular flexibility index (Phi) is 7.74. The average molecular weight is 449 g/mol. The zero-order valence-corrected chi connectivity index (χ0v) is 18.3. The van der Waals surface area contributed by atoms with Crippen LogP contribution < -0.4 is 19.5 Å². The number of rotatable bonds is 8. The smallest absolute Gasteiger partial charge is 0.266 e. The standard InChI is InChI=1S/C25H21ClN2O4/c1-30-23-14-22(24(31-2)13-21(23)26)28-25(29)19(15-27)12-17-8-10-20(11-9-17)32-16-18-6-4-3-5-7-18/h3-14H,16H2,1-2H3,(H,28,29)/b19-12+. The van der Waals surface area contributed by atoms with Crippen LogP contribution >= 0.6 is 11.6 Å². The van der Waals surface area contributed by atoms with Crippen molar-refractivity contribution in [1.82, 2.24) is 0 Å². The molecule has 3 rings (SSSR count). The molecule has 7 heteroatoms. The molecule has 0 saturated carbocycles. The van der Waals surface area contributed by atoms with Crippen molar-refractivity contribution in [1.29, 1.82) is 5.26 Å². The third-order valence-corrected chi connectivity index (χ3v) is 4.82. The lowest BCUT2D eigenvalue weighted by molar-refractivity contribution is -0.112. The minimum atomic E-state index is -0.584. The van der Waals surface area contributed by atoms with Gasteiger partial charge >= 0.3 is 0 Å². The molecule has 0 bridgehead atoms. The molecule has 0 saturated heterocycles. The van der Waals surface area contributed by atoms with Crippen LogP contribution in [0.1, 0.15) is 11.1 Å². The molecular weight excluding hydrogens is 428 g/mol. The summed E-state index contributed by atoms with van der Waals surface area (Å²) in [5.74, 6) is 0.823. The molecule has 0 radical (unpaired) electrons. The molecule has 32 heavy (non-hydrogen) atoms. The number of benzene rings is 3. The molecular formula is C25H21ClN2O4. The Bertz CT molecular complexity index is 1150. The minimum absolute atomic E-state index is 0.0704. The second-order valence-electron chi connectivity index (χ2n) is 6.65. The SMILES string of the molecule is COc1cc(NC(=O)/C(C#N)=C/c2ccc(OCc3ccccc3)cc2)c(OC)cc1Cl. The fourth-order valence-corrected chi connectivity index (χ4v) is 3.10. The molecule has 0 heterocycles. The highest BCUT2D eigenvalue weighted by Gasteiger charge is 2.15. The van der Waals surface area contributed by atoms with Crippen LogP contribution in [0.25, 0.3) is 6.08 Å². The van der Waals surface area contributed by atoms with Gasteiger partial charge in [0, 0.05) is 12.1 Å². The van der Waals surface area contributed by atoms with Crippen molar-refractivity contribution >= 4 is 29.3 Å². The van der Waals surface area contributed by atoms with Crippen molar-refractivity contribution in [2.45, 2.75) is 6.61 Å². The first-order valence-corrected chi connectivity index (χ1v) is 10.0. The molecule has 1 N–H and O–H groups in total. The lowest BCUT2D eigenvalue weighted by Gasteiger charge is -2.13. The summed E-state index contributed by atoms with van der Waals surface area (Å²) in [6.07, 6.45) is 1.50. The highest BCUT2D eigenvalue weighted by molar-refractivity contribution is 6.32. The van der Waals surface area contributed by atoms with Gasteiger partial charge in [-0.25, -0.2) is 0 Å². The van der Waals surface area contributed by atoms with Gasteiger partial charge in [-0.2, -0.15) is 5.26 Å². The summed E-state index contributed by atoms with van der Waals surface area (Å²) in [5, 5.41) is 12.5. The Morgan fingerprint density at radius 1 is 1.03 bits per heavy atom. The Balaban J connectivity index is 1.71. The van der Waals surface area contributed by atoms with Crippen molar-refractivity contribution in [3.8, 4) is 23.3 Å². The van der Waals surface area contributed by atoms with E-state index >= 15 is 0 Å². The van der Waals surface area contributed by atoms with Crippen LogP contribution in [-0.4, -0.2) is 20.1 Å². The number of ether oxygens (including phenoxy) is 3. The molecule has 0 unspecified atom stereocenters. The van der Waals surface area contributed by atoms with E-state index in [1.54, 1.807) is 24.3 Å². The summed E-state index contributed by atoms with van der Waals surface area (Å²) < 4.78 is 16.2. The molecule has 0 aliphatic heterocycles. The Hall–Kier alpha value is -3.95. The van der Waals surface area contributed by atoms with Gasteiger partial charge in [0.05, 0.1) is 24.9 Å². The summed E-state index contributed by atoms with van der Waals surface area (Å²) in [6.45, 7) is 0.453. The number of hydrogen-bond donors (Lipinski definition) is 1. The van der Waals surface area contributed by atoms with E-state index in [-0.39, 0.29) is 5.57 Å². The predicted molar refractivity (Wildman–Crippen MR) is 124 cm³/mol. The molecule has 1 amide bonds. The largest absolute Gasteiger partial charge is 0.495 e. The third kappa shape index (κ3) is 5.81. The quantitative estimate of drug-likeness (QED) is 0.364. The second-order valence-corrected chi connectivity index (χ2v) is 7.06. The first-order chi connectivity index (χ1) is 15.5. The minimum Gasteiger partial charge on any atom is -0.495 e. The van der Waals surface area contributed by atoms with E-state index in [0.29, 0.717) is 40.1 Å². The predicted octanol–water partition coefficient (Wildman–Crippen LogP) is 5.48. The fraction of sp³-hybridized carbons (Fsp3) is 0.120. The number of nitrogens with one attached hydrogen (secondary N) is 1. The molecule has 6 nitrogen and oxygen atoms in total. The second kappa shape index (κ2) is 10.9. The van der Waals surface area contributed by atoms with E-state index in [9.17, 15) is 10.1 Å². The van der Waals surface area contributed by atoms with Crippen molar-refractivity contribution in [2.75, 3.05) is 19.5 Å². The number of halogens is 1. The topological polar surface area (TPSA) is 80.6 Å². The van der Waals surface area contributed by atoms with Crippen LogP contribution in [-0.2, 0) is 11.4 Å². The number of methoxy groups -OCH3 is 2. The van der Waals surface area contributed by atoms with Crippen LogP contribution in [0.3, 0.4) is 0 Å². The Labute approximate surface area is 191 Å². The Morgan fingerprint density at radius 3 is 2.34 bits per heavy atom. The fourth-order valence-electron chi connectivity index (χ4n) is 2.86. The average Bonchev–Trinajstić information content (AvgIpc) is 2.83. The maximum Gasteiger partial charge on any atom is 0.266 e. The summed E-state index contributed by atoms with van der Waals surface area (Å²) in [6, 6.07) is 21.9. The molecule has 162 valence electrons. The highest BCUT2D eigenvalue weighted by Crippen LogP contribution is 2.36. The van der Waals surface area contributed by atoms with Crippen LogP contribution in [0.2, 0.25) is 5.02 Å². The molecule has 3 aromatic carbocycles. The highest BCUT2D eigenvalue weighted by atomic mass is 35.5. The number of carbonyl (C=O) groups is 1. The normalized spacial score (nSPS) is 10.8. The maximum atomic E-state index is 12.7. The lowest BCUT2D eigenvalue weighted by Crippen LogP contribution is -2.14. The van der Waals surface area contributed by atoms with Gasteiger partial charge in [-0.1, -0.05) is 54.1 Å². The summed E-state index contributed by atoms with van der Waals surface area (Å²) in [5.41, 5.74) is 2.02. The van der Waals surface area contributed by atoms with Gasteiger partial charge in [-0.3, -0.25) is 4.79 Å². The van der Waals surface area contributed by atoms with Crippen LogP contribution in [0.4, 0.5) is 5.69 Å². The molecule has 0 aliphatic rings. The van der Waals surface area contributed by atoms with E-state index in [0.717, 1.165) is 5.56 Å². The van der Waals surface area contributed by atoms with Gasteiger partial charge in [0.2, 0.25) is 0 Å². The molecule has 0 atom stereocenters. The zero-order valence-electron chi connectivity index (χ0n) is 17.6. The summed E-state index contributed by atoms with van der Waals surface area (Å²) >= 11 is 6.09. The van der Waals surface area contributed by atoms with E-state index in [2.05, 4.69) is 5.32 Å². The maximum absolute atomic E-state index is 12.7. The van der Waals surface area contributed by atoms with Crippen molar-refractivity contribution in [2.24, 2.45) is 0 Å². The van der Waals surface area contributed by atoms with Gasteiger partial charge < -0.3 is 19.5 Å². The molecule has 0 fully saturated rings. The van der Waals surface area contributed by atoms with Crippen molar-refractivity contribution < 1.29 is 19.0 Å². The molecule has 0 aromatic heterocycles. The first kappa shape index (κ1) is 22.7. The van der Waals surface area contributed by atoms with E-state index < -0.39 is 5.91 Å². The van der Waals surface area contributed by atoms with Crippen LogP contribution in [0, 0.1) is 11.3 Å². The lowest BCUT2D eigenvalue weighted by atomic mass is 10.1. The van der Waals surface area contributed by atoms with Crippen LogP contribution in [0.15, 0.2) is 72.3 Å². The van der Waals surface area contributed by atoms with E-state index in [4.69, 9.17) is 25.8 Å². The number of carbonyl (C=O) groups excluding carboxylic acids is 1. The monoisotopic (exact) mass is 448 g/mol. The van der Waals surface area contributed by atoms with Gasteiger partial charge in [-0.05, 0) is 29.3 Å². The molecule has 0 spiro atoms. The van der Waals surface area contributed by atoms with Crippen molar-refractivity contribution in [3.05, 3.63) is 88.5 Å². The number of anilines is 1. The third-order valence-electron chi connectivity index (χ3n) is 4.53. The number of hydrogen-bond acceptors (Lipinski definition) is 5. The van der Waals surface area contributed by atoms with Gasteiger partial charge in [-0.15, -0.1) is 0 Å². The number of nitrogens with zero attached hydrogens (tertiary/aromatic N) is 1. The molecule has 3 aromatic rings. The molecule has 0 aliphatic carbocycles. The van der Waals surface area contributed by atoms with E-state index in [1.165, 1.54) is 32.4 Å². The first-order valence-electron chi connectivity index (χ1n) is 9.65. The van der Waals surface area contributed by atoms with Crippen LogP contribution in [0.5, 0.6) is 17.2 Å². The Morgan fingerprint density at radius 2 is 1.72 bits per heavy atom. The number of nitriles is 1. The van der Waals surface area contributed by atoms with Gasteiger partial charge in [0.25, 0.3) is 5.91 Å².